The fraction of sp³-hybridized carbons (Fsp3) is 0.692. The quantitative estimate of drug-likeness (QED) is 0.499. The highest BCUT2D eigenvalue weighted by Crippen LogP contribution is 2.19. The van der Waals surface area contributed by atoms with Gasteiger partial charge in [0, 0.05) is 11.3 Å². The van der Waals surface area contributed by atoms with Crippen LogP contribution in [0.2, 0.25) is 0 Å². The minimum absolute atomic E-state index is 0.180. The van der Waals surface area contributed by atoms with Crippen LogP contribution in [0.1, 0.15) is 62.9 Å². The number of hydrogen-bond acceptors (Lipinski definition) is 3. The van der Waals surface area contributed by atoms with E-state index in [9.17, 15) is 4.79 Å². The van der Waals surface area contributed by atoms with Crippen molar-refractivity contribution in [2.75, 3.05) is 0 Å². The van der Waals surface area contributed by atoms with Crippen molar-refractivity contribution in [3.63, 3.8) is 0 Å². The number of aromatic nitrogens is 1. The zero-order valence-corrected chi connectivity index (χ0v) is 11.1. The summed E-state index contributed by atoms with van der Waals surface area (Å²) in [7, 11) is 0. The van der Waals surface area contributed by atoms with E-state index in [2.05, 4.69) is 18.8 Å². The molecule has 0 aromatic carbocycles. The zero-order chi connectivity index (χ0) is 11.8. The van der Waals surface area contributed by atoms with Crippen LogP contribution in [0.15, 0.2) is 10.9 Å². The van der Waals surface area contributed by atoms with E-state index < -0.39 is 0 Å². The van der Waals surface area contributed by atoms with Gasteiger partial charge < -0.3 is 0 Å². The lowest BCUT2D eigenvalue weighted by atomic mass is 9.93. The molecule has 1 unspecified atom stereocenters. The fourth-order valence-electron chi connectivity index (χ4n) is 1.88. The largest absolute Gasteiger partial charge is 0.292 e. The van der Waals surface area contributed by atoms with Crippen molar-refractivity contribution >= 4 is 17.1 Å². The first-order chi connectivity index (χ1) is 7.79. The van der Waals surface area contributed by atoms with E-state index in [1.807, 2.05) is 5.38 Å². The van der Waals surface area contributed by atoms with Gasteiger partial charge in [-0.25, -0.2) is 4.98 Å². The third-order valence-corrected chi connectivity index (χ3v) is 3.54. The van der Waals surface area contributed by atoms with Gasteiger partial charge in [-0.3, -0.25) is 4.79 Å². The van der Waals surface area contributed by atoms with Gasteiger partial charge in [0.25, 0.3) is 0 Å². The first-order valence-electron chi connectivity index (χ1n) is 6.22. The summed E-state index contributed by atoms with van der Waals surface area (Å²) >= 11 is 1.50. The summed E-state index contributed by atoms with van der Waals surface area (Å²) in [6.07, 6.45) is 6.90. The van der Waals surface area contributed by atoms with Gasteiger partial charge in [0.2, 0.25) is 0 Å². The Balaban J connectivity index is 2.39. The molecule has 0 amide bonds. The molecule has 90 valence electrons. The van der Waals surface area contributed by atoms with Gasteiger partial charge in [-0.05, 0) is 12.8 Å². The van der Waals surface area contributed by atoms with Crippen molar-refractivity contribution in [1.29, 1.82) is 0 Å². The molecule has 0 aliphatic rings. The molecule has 0 saturated heterocycles. The van der Waals surface area contributed by atoms with Gasteiger partial charge in [0.1, 0.15) is 5.69 Å². The summed E-state index contributed by atoms with van der Waals surface area (Å²) < 4.78 is 0. The molecule has 2 nitrogen and oxygen atoms in total. The SMILES string of the molecule is CCCCCCC(CC)C(=O)c1cscn1. The number of ketones is 1. The first kappa shape index (κ1) is 13.4. The van der Waals surface area contributed by atoms with Crippen molar-refractivity contribution in [1.82, 2.24) is 4.98 Å². The number of hydrogen-bond donors (Lipinski definition) is 0. The van der Waals surface area contributed by atoms with Crippen molar-refractivity contribution in [2.24, 2.45) is 5.92 Å². The molecule has 0 N–H and O–H groups in total. The minimum atomic E-state index is 0.180. The number of unbranched alkanes of at least 4 members (excludes halogenated alkanes) is 3. The molecule has 0 bridgehead atoms. The summed E-state index contributed by atoms with van der Waals surface area (Å²) in [5.41, 5.74) is 2.39. The van der Waals surface area contributed by atoms with Gasteiger partial charge in [-0.15, -0.1) is 11.3 Å². The molecular weight excluding hydrogens is 218 g/mol. The summed E-state index contributed by atoms with van der Waals surface area (Å²) in [6.45, 7) is 4.30. The minimum Gasteiger partial charge on any atom is -0.292 e. The number of carbonyl (C=O) groups excluding carboxylic acids is 1. The molecule has 0 aliphatic carbocycles. The normalized spacial score (nSPS) is 12.6. The Morgan fingerprint density at radius 3 is 2.75 bits per heavy atom. The molecule has 1 aromatic heterocycles. The molecule has 0 spiro atoms. The van der Waals surface area contributed by atoms with Crippen LogP contribution in [0.4, 0.5) is 0 Å². The number of carbonyl (C=O) groups is 1. The molecule has 3 heteroatoms. The van der Waals surface area contributed by atoms with E-state index in [4.69, 9.17) is 0 Å². The monoisotopic (exact) mass is 239 g/mol. The van der Waals surface area contributed by atoms with Crippen molar-refractivity contribution < 1.29 is 4.79 Å². The van der Waals surface area contributed by atoms with Crippen LogP contribution in [-0.2, 0) is 0 Å². The van der Waals surface area contributed by atoms with E-state index in [1.165, 1.54) is 37.0 Å². The third kappa shape index (κ3) is 4.05. The van der Waals surface area contributed by atoms with Crippen LogP contribution in [0.3, 0.4) is 0 Å². The van der Waals surface area contributed by atoms with Crippen molar-refractivity contribution in [3.8, 4) is 0 Å². The van der Waals surface area contributed by atoms with Gasteiger partial charge in [0.05, 0.1) is 5.51 Å². The smallest absolute Gasteiger partial charge is 0.185 e. The molecular formula is C13H21NOS. The van der Waals surface area contributed by atoms with Crippen LogP contribution in [0.5, 0.6) is 0 Å². The van der Waals surface area contributed by atoms with Crippen LogP contribution in [0, 0.1) is 5.92 Å². The number of nitrogens with zero attached hydrogens (tertiary/aromatic N) is 1. The van der Waals surface area contributed by atoms with E-state index in [0.717, 1.165) is 12.8 Å². The second kappa shape index (κ2) is 7.55. The Hall–Kier alpha value is -0.700. The highest BCUT2D eigenvalue weighted by atomic mass is 32.1. The molecule has 1 atom stereocenters. The molecule has 1 heterocycles. The van der Waals surface area contributed by atoms with Gasteiger partial charge in [-0.1, -0.05) is 39.5 Å². The lowest BCUT2D eigenvalue weighted by Crippen LogP contribution is -2.14. The Kier molecular flexibility index (Phi) is 6.31. The van der Waals surface area contributed by atoms with E-state index in [0.29, 0.717) is 5.69 Å². The van der Waals surface area contributed by atoms with Crippen LogP contribution >= 0.6 is 11.3 Å². The summed E-state index contributed by atoms with van der Waals surface area (Å²) in [5, 5.41) is 1.86. The maximum absolute atomic E-state index is 12.0. The van der Waals surface area contributed by atoms with Gasteiger partial charge in [0.15, 0.2) is 5.78 Å². The Bertz CT molecular complexity index is 295. The standard InChI is InChI=1S/C13H21NOS/c1-3-5-6-7-8-11(4-2)13(15)12-9-16-10-14-12/h9-11H,3-8H2,1-2H3. The summed E-state index contributed by atoms with van der Waals surface area (Å²) in [6, 6.07) is 0. The van der Waals surface area contributed by atoms with Crippen LogP contribution in [0.25, 0.3) is 0 Å². The van der Waals surface area contributed by atoms with Crippen LogP contribution < -0.4 is 0 Å². The molecule has 1 aromatic rings. The Morgan fingerprint density at radius 1 is 1.38 bits per heavy atom. The Morgan fingerprint density at radius 2 is 2.19 bits per heavy atom. The number of Topliss-reactive ketones (excluding diaryl/α,β-unsaturated/α-hetero) is 1. The van der Waals surface area contributed by atoms with E-state index in [1.54, 1.807) is 5.51 Å². The summed E-state index contributed by atoms with van der Waals surface area (Å²) in [5.74, 6) is 0.416. The molecule has 0 aliphatic heterocycles. The lowest BCUT2D eigenvalue weighted by molar-refractivity contribution is 0.0903. The van der Waals surface area contributed by atoms with E-state index >= 15 is 0 Å². The fourth-order valence-corrected chi connectivity index (χ4v) is 2.42. The third-order valence-electron chi connectivity index (χ3n) is 2.95. The summed E-state index contributed by atoms with van der Waals surface area (Å²) in [4.78, 5) is 16.1. The average molecular weight is 239 g/mol. The maximum atomic E-state index is 12.0. The van der Waals surface area contributed by atoms with E-state index in [-0.39, 0.29) is 11.7 Å². The lowest BCUT2D eigenvalue weighted by Gasteiger charge is -2.11. The number of rotatable bonds is 8. The molecule has 0 fully saturated rings. The van der Waals surface area contributed by atoms with Gasteiger partial charge >= 0.3 is 0 Å². The molecule has 16 heavy (non-hydrogen) atoms. The topological polar surface area (TPSA) is 30.0 Å². The zero-order valence-electron chi connectivity index (χ0n) is 10.2. The molecule has 0 radical (unpaired) electrons. The molecule has 1 rings (SSSR count). The first-order valence-corrected chi connectivity index (χ1v) is 7.16. The average Bonchev–Trinajstić information content (AvgIpc) is 2.82. The second-order valence-corrected chi connectivity index (χ2v) is 4.91. The highest BCUT2D eigenvalue weighted by Gasteiger charge is 2.19. The number of thiazole rings is 1. The van der Waals surface area contributed by atoms with Gasteiger partial charge in [-0.2, -0.15) is 0 Å². The predicted octanol–water partition coefficient (Wildman–Crippen LogP) is 4.32. The highest BCUT2D eigenvalue weighted by molar-refractivity contribution is 7.07. The second-order valence-electron chi connectivity index (χ2n) is 4.19. The van der Waals surface area contributed by atoms with Crippen molar-refractivity contribution in [3.05, 3.63) is 16.6 Å². The molecule has 0 saturated carbocycles. The predicted molar refractivity (Wildman–Crippen MR) is 69.0 cm³/mol. The Labute approximate surface area is 102 Å². The van der Waals surface area contributed by atoms with Crippen LogP contribution in [-0.4, -0.2) is 10.8 Å². The maximum Gasteiger partial charge on any atom is 0.185 e. The van der Waals surface area contributed by atoms with Crippen molar-refractivity contribution in [2.45, 2.75) is 52.4 Å².